The van der Waals surface area contributed by atoms with Crippen LogP contribution in [0.1, 0.15) is 44.6 Å². The van der Waals surface area contributed by atoms with Gasteiger partial charge in [0.05, 0.1) is 5.56 Å². The van der Waals surface area contributed by atoms with Gasteiger partial charge in [-0.2, -0.15) is 0 Å². The van der Waals surface area contributed by atoms with E-state index in [9.17, 15) is 0 Å². The lowest BCUT2D eigenvalue weighted by molar-refractivity contribution is 0.348. The van der Waals surface area contributed by atoms with Gasteiger partial charge >= 0.3 is 0 Å². The molecule has 17 heavy (non-hydrogen) atoms. The van der Waals surface area contributed by atoms with E-state index in [2.05, 4.69) is 17.2 Å². The lowest BCUT2D eigenvalue weighted by Crippen LogP contribution is -2.37. The molecule has 4 heteroatoms. The normalized spacial score (nSPS) is 18.6. The van der Waals surface area contributed by atoms with Crippen LogP contribution in [-0.2, 0) is 0 Å². The summed E-state index contributed by atoms with van der Waals surface area (Å²) in [6.45, 7) is 2.25. The number of thiocarbonyl (C=S) groups is 1. The molecule has 0 atom stereocenters. The molecule has 1 saturated carbocycles. The number of hydrogen-bond donors (Lipinski definition) is 2. The Bertz CT molecular complexity index is 411. The lowest BCUT2D eigenvalue weighted by atomic mass is 9.83. The summed E-state index contributed by atoms with van der Waals surface area (Å²) in [5, 5.41) is 3.53. The molecular formula is C13H19N3S. The number of anilines is 1. The molecule has 1 fully saturated rings. The first-order chi connectivity index (χ1) is 8.11. The second kappa shape index (κ2) is 5.00. The number of aromatic nitrogens is 1. The third-order valence-electron chi connectivity index (χ3n) is 3.45. The summed E-state index contributed by atoms with van der Waals surface area (Å²) in [6, 6.07) is 3.78. The van der Waals surface area contributed by atoms with Crippen molar-refractivity contribution in [2.75, 3.05) is 5.32 Å². The van der Waals surface area contributed by atoms with E-state index in [-0.39, 0.29) is 5.54 Å². The van der Waals surface area contributed by atoms with Crippen molar-refractivity contribution >= 4 is 23.0 Å². The van der Waals surface area contributed by atoms with Crippen LogP contribution in [0.15, 0.2) is 18.3 Å². The van der Waals surface area contributed by atoms with Crippen LogP contribution < -0.4 is 11.1 Å². The maximum Gasteiger partial charge on any atom is 0.136 e. The number of hydrogen-bond acceptors (Lipinski definition) is 3. The summed E-state index contributed by atoms with van der Waals surface area (Å²) in [7, 11) is 0. The molecule has 0 aromatic carbocycles. The van der Waals surface area contributed by atoms with Crippen LogP contribution in [0.5, 0.6) is 0 Å². The number of nitrogens with two attached hydrogens (primary N) is 1. The van der Waals surface area contributed by atoms with Crippen molar-refractivity contribution in [3.63, 3.8) is 0 Å². The van der Waals surface area contributed by atoms with Crippen LogP contribution in [0.3, 0.4) is 0 Å². The predicted octanol–water partition coefficient (Wildman–Crippen LogP) is 2.85. The van der Waals surface area contributed by atoms with E-state index in [1.54, 1.807) is 6.20 Å². The third kappa shape index (κ3) is 2.94. The van der Waals surface area contributed by atoms with Gasteiger partial charge in [0.1, 0.15) is 10.8 Å². The van der Waals surface area contributed by atoms with E-state index in [0.29, 0.717) is 4.99 Å². The molecule has 92 valence electrons. The minimum atomic E-state index is 0.131. The van der Waals surface area contributed by atoms with Crippen molar-refractivity contribution in [2.24, 2.45) is 5.73 Å². The molecule has 1 heterocycles. The second-order valence-electron chi connectivity index (χ2n) is 5.01. The largest absolute Gasteiger partial charge is 0.389 e. The van der Waals surface area contributed by atoms with Crippen molar-refractivity contribution in [3.8, 4) is 0 Å². The number of rotatable bonds is 3. The highest BCUT2D eigenvalue weighted by Gasteiger charge is 2.27. The van der Waals surface area contributed by atoms with E-state index >= 15 is 0 Å². The number of pyridine rings is 1. The van der Waals surface area contributed by atoms with Gasteiger partial charge in [-0.25, -0.2) is 4.98 Å². The Labute approximate surface area is 108 Å². The summed E-state index contributed by atoms with van der Waals surface area (Å²) in [5.41, 5.74) is 6.69. The first kappa shape index (κ1) is 12.3. The highest BCUT2D eigenvalue weighted by Crippen LogP contribution is 2.31. The van der Waals surface area contributed by atoms with E-state index in [0.717, 1.165) is 11.4 Å². The number of nitrogens with one attached hydrogen (secondary N) is 1. The van der Waals surface area contributed by atoms with Gasteiger partial charge in [0.2, 0.25) is 0 Å². The standard InChI is InChI=1S/C13H19N3S/c1-13(7-3-2-4-8-13)16-12-10(11(14)17)6-5-9-15-12/h5-6,9H,2-4,7-8H2,1H3,(H2,14,17)(H,15,16). The minimum absolute atomic E-state index is 0.131. The van der Waals surface area contributed by atoms with Gasteiger partial charge in [0.15, 0.2) is 0 Å². The van der Waals surface area contributed by atoms with E-state index < -0.39 is 0 Å². The van der Waals surface area contributed by atoms with Crippen LogP contribution in [-0.4, -0.2) is 15.5 Å². The maximum atomic E-state index is 5.71. The zero-order chi connectivity index (χ0) is 12.3. The topological polar surface area (TPSA) is 50.9 Å². The Morgan fingerprint density at radius 1 is 1.41 bits per heavy atom. The maximum absolute atomic E-state index is 5.71. The molecule has 0 amide bonds. The molecule has 0 spiro atoms. The van der Waals surface area contributed by atoms with Crippen LogP contribution in [0.4, 0.5) is 5.82 Å². The molecule has 1 aromatic heterocycles. The van der Waals surface area contributed by atoms with Crippen molar-refractivity contribution < 1.29 is 0 Å². The minimum Gasteiger partial charge on any atom is -0.389 e. The first-order valence-corrected chi connectivity index (χ1v) is 6.55. The fourth-order valence-corrected chi connectivity index (χ4v) is 2.61. The summed E-state index contributed by atoms with van der Waals surface area (Å²) < 4.78 is 0. The van der Waals surface area contributed by atoms with Crippen molar-refractivity contribution in [1.29, 1.82) is 0 Å². The van der Waals surface area contributed by atoms with E-state index in [1.165, 1.54) is 32.1 Å². The Morgan fingerprint density at radius 2 is 2.12 bits per heavy atom. The molecule has 0 saturated heterocycles. The molecule has 0 bridgehead atoms. The van der Waals surface area contributed by atoms with Crippen LogP contribution in [0.25, 0.3) is 0 Å². The predicted molar refractivity (Wildman–Crippen MR) is 75.2 cm³/mol. The van der Waals surface area contributed by atoms with Crippen LogP contribution in [0.2, 0.25) is 0 Å². The Balaban J connectivity index is 2.20. The summed E-state index contributed by atoms with van der Waals surface area (Å²) in [6.07, 6.45) is 8.02. The fraction of sp³-hybridized carbons (Fsp3) is 0.538. The molecule has 3 N–H and O–H groups in total. The SMILES string of the molecule is CC1(Nc2ncccc2C(N)=S)CCCCC1. The zero-order valence-electron chi connectivity index (χ0n) is 10.2. The molecule has 1 aromatic rings. The molecule has 1 aliphatic rings. The highest BCUT2D eigenvalue weighted by molar-refractivity contribution is 7.80. The monoisotopic (exact) mass is 249 g/mol. The second-order valence-corrected chi connectivity index (χ2v) is 5.45. The van der Waals surface area contributed by atoms with Crippen molar-refractivity contribution in [1.82, 2.24) is 4.98 Å². The molecule has 0 aliphatic heterocycles. The van der Waals surface area contributed by atoms with Gasteiger partial charge in [0.25, 0.3) is 0 Å². The first-order valence-electron chi connectivity index (χ1n) is 6.14. The van der Waals surface area contributed by atoms with Crippen LogP contribution >= 0.6 is 12.2 Å². The summed E-state index contributed by atoms with van der Waals surface area (Å²) in [4.78, 5) is 4.76. The average molecular weight is 249 g/mol. The number of nitrogens with zero attached hydrogens (tertiary/aromatic N) is 1. The molecule has 2 rings (SSSR count). The van der Waals surface area contributed by atoms with Gasteiger partial charge in [0, 0.05) is 11.7 Å². The molecule has 1 aliphatic carbocycles. The fourth-order valence-electron chi connectivity index (χ4n) is 2.45. The van der Waals surface area contributed by atoms with E-state index in [4.69, 9.17) is 18.0 Å². The van der Waals surface area contributed by atoms with Gasteiger partial charge < -0.3 is 11.1 Å². The van der Waals surface area contributed by atoms with Crippen molar-refractivity contribution in [2.45, 2.75) is 44.6 Å². The van der Waals surface area contributed by atoms with Gasteiger partial charge in [-0.3, -0.25) is 0 Å². The molecule has 0 radical (unpaired) electrons. The zero-order valence-corrected chi connectivity index (χ0v) is 11.0. The Morgan fingerprint density at radius 3 is 2.76 bits per heavy atom. The van der Waals surface area contributed by atoms with E-state index in [1.807, 2.05) is 12.1 Å². The smallest absolute Gasteiger partial charge is 0.136 e. The van der Waals surface area contributed by atoms with Gasteiger partial charge in [-0.15, -0.1) is 0 Å². The average Bonchev–Trinajstić information content (AvgIpc) is 2.29. The van der Waals surface area contributed by atoms with Crippen molar-refractivity contribution in [3.05, 3.63) is 23.9 Å². The summed E-state index contributed by atoms with van der Waals surface area (Å²) in [5.74, 6) is 0.824. The Kier molecular flexibility index (Phi) is 3.62. The van der Waals surface area contributed by atoms with Crippen LogP contribution in [0, 0.1) is 0 Å². The molecular weight excluding hydrogens is 230 g/mol. The molecule has 0 unspecified atom stereocenters. The van der Waals surface area contributed by atoms with Gasteiger partial charge in [-0.05, 0) is 31.9 Å². The quantitative estimate of drug-likeness (QED) is 0.809. The highest BCUT2D eigenvalue weighted by atomic mass is 32.1. The lowest BCUT2D eigenvalue weighted by Gasteiger charge is -2.35. The summed E-state index contributed by atoms with van der Waals surface area (Å²) >= 11 is 5.05. The van der Waals surface area contributed by atoms with Gasteiger partial charge in [-0.1, -0.05) is 31.5 Å². The molecule has 3 nitrogen and oxygen atoms in total. The Hall–Kier alpha value is -1.16. The third-order valence-corrected chi connectivity index (χ3v) is 3.67.